The van der Waals surface area contributed by atoms with Crippen LogP contribution >= 0.6 is 22.6 Å². The van der Waals surface area contributed by atoms with E-state index in [0.717, 1.165) is 12.0 Å². The van der Waals surface area contributed by atoms with Crippen LogP contribution in [0.5, 0.6) is 0 Å². The number of hydrogen-bond donors (Lipinski definition) is 1. The first kappa shape index (κ1) is 9.99. The molecule has 66 valence electrons. The molecule has 1 unspecified atom stereocenters. The lowest BCUT2D eigenvalue weighted by Crippen LogP contribution is -1.97. The summed E-state index contributed by atoms with van der Waals surface area (Å²) in [6, 6.07) is 6.09. The Morgan fingerprint density at radius 1 is 1.50 bits per heavy atom. The molecular formula is C10H13IO. The predicted octanol–water partition coefficient (Wildman–Crippen LogP) is 2.91. The van der Waals surface area contributed by atoms with Crippen LogP contribution < -0.4 is 0 Å². The summed E-state index contributed by atoms with van der Waals surface area (Å²) in [7, 11) is 0. The Kier molecular flexibility index (Phi) is 3.53. The maximum Gasteiger partial charge on any atom is 0.0772 e. The maximum absolute atomic E-state index is 9.42. The van der Waals surface area contributed by atoms with E-state index < -0.39 is 0 Å². The van der Waals surface area contributed by atoms with E-state index in [-0.39, 0.29) is 6.10 Å². The second-order valence-electron chi connectivity index (χ2n) is 2.85. The molecule has 1 aromatic rings. The Hall–Kier alpha value is -0.0900. The van der Waals surface area contributed by atoms with Gasteiger partial charge in [0, 0.05) is 3.57 Å². The Morgan fingerprint density at radius 2 is 2.17 bits per heavy atom. The minimum atomic E-state index is -0.358. The van der Waals surface area contributed by atoms with E-state index in [1.165, 1.54) is 9.13 Å². The van der Waals surface area contributed by atoms with Gasteiger partial charge in [0.25, 0.3) is 0 Å². The van der Waals surface area contributed by atoms with Gasteiger partial charge in [0.1, 0.15) is 0 Å². The van der Waals surface area contributed by atoms with E-state index >= 15 is 0 Å². The van der Waals surface area contributed by atoms with E-state index in [2.05, 4.69) is 35.6 Å². The monoisotopic (exact) mass is 276 g/mol. The van der Waals surface area contributed by atoms with Crippen molar-refractivity contribution >= 4 is 22.6 Å². The van der Waals surface area contributed by atoms with E-state index in [1.54, 1.807) is 6.92 Å². The van der Waals surface area contributed by atoms with Gasteiger partial charge in [0.15, 0.2) is 0 Å². The standard InChI is InChI=1S/C10H13IO/c1-3-8-5-4-6-9(7(2)12)10(8)11/h4-7,12H,3H2,1-2H3. The smallest absolute Gasteiger partial charge is 0.0772 e. The van der Waals surface area contributed by atoms with E-state index in [1.807, 2.05) is 12.1 Å². The molecule has 0 spiro atoms. The highest BCUT2D eigenvalue weighted by Gasteiger charge is 2.07. The molecule has 0 aromatic heterocycles. The van der Waals surface area contributed by atoms with Crippen LogP contribution in [0, 0.1) is 3.57 Å². The fraction of sp³-hybridized carbons (Fsp3) is 0.400. The van der Waals surface area contributed by atoms with Gasteiger partial charge in [0.05, 0.1) is 6.10 Å². The molecule has 0 aliphatic heterocycles. The fourth-order valence-corrected chi connectivity index (χ4v) is 2.39. The minimum absolute atomic E-state index is 0.358. The van der Waals surface area contributed by atoms with Crippen LogP contribution in [0.3, 0.4) is 0 Å². The van der Waals surface area contributed by atoms with Crippen molar-refractivity contribution < 1.29 is 5.11 Å². The molecule has 0 aliphatic rings. The molecule has 0 radical (unpaired) electrons. The van der Waals surface area contributed by atoms with Crippen LogP contribution in [0.1, 0.15) is 31.1 Å². The van der Waals surface area contributed by atoms with Gasteiger partial charge in [-0.1, -0.05) is 25.1 Å². The van der Waals surface area contributed by atoms with Crippen molar-refractivity contribution in [3.8, 4) is 0 Å². The Morgan fingerprint density at radius 3 is 2.67 bits per heavy atom. The van der Waals surface area contributed by atoms with Crippen molar-refractivity contribution in [2.24, 2.45) is 0 Å². The summed E-state index contributed by atoms with van der Waals surface area (Å²) in [6.07, 6.45) is 0.669. The number of aryl methyl sites for hydroxylation is 1. The Balaban J connectivity index is 3.14. The first-order valence-corrected chi connectivity index (χ1v) is 5.20. The Bertz CT molecular complexity index is 269. The summed E-state index contributed by atoms with van der Waals surface area (Å²) < 4.78 is 1.20. The fourth-order valence-electron chi connectivity index (χ4n) is 1.20. The second-order valence-corrected chi connectivity index (χ2v) is 3.93. The van der Waals surface area contributed by atoms with Gasteiger partial charge < -0.3 is 5.11 Å². The third kappa shape index (κ3) is 1.98. The van der Waals surface area contributed by atoms with Crippen molar-refractivity contribution in [3.05, 3.63) is 32.9 Å². The van der Waals surface area contributed by atoms with Crippen LogP contribution in [-0.4, -0.2) is 5.11 Å². The predicted molar refractivity (Wildman–Crippen MR) is 59.2 cm³/mol. The van der Waals surface area contributed by atoms with Crippen LogP contribution in [0.4, 0.5) is 0 Å². The zero-order chi connectivity index (χ0) is 9.14. The topological polar surface area (TPSA) is 20.2 Å². The average molecular weight is 276 g/mol. The number of aliphatic hydroxyl groups excluding tert-OH is 1. The van der Waals surface area contributed by atoms with Gasteiger partial charge in [-0.05, 0) is 47.1 Å². The highest BCUT2D eigenvalue weighted by molar-refractivity contribution is 14.1. The molecule has 1 rings (SSSR count). The van der Waals surface area contributed by atoms with Crippen molar-refractivity contribution in [1.82, 2.24) is 0 Å². The lowest BCUT2D eigenvalue weighted by Gasteiger charge is -2.10. The third-order valence-electron chi connectivity index (χ3n) is 1.94. The molecule has 0 heterocycles. The van der Waals surface area contributed by atoms with Crippen molar-refractivity contribution in [2.45, 2.75) is 26.4 Å². The second kappa shape index (κ2) is 4.23. The first-order chi connectivity index (χ1) is 5.66. The molecule has 0 amide bonds. The molecule has 2 heteroatoms. The van der Waals surface area contributed by atoms with Gasteiger partial charge in [-0.25, -0.2) is 0 Å². The molecule has 1 N–H and O–H groups in total. The summed E-state index contributed by atoms with van der Waals surface area (Å²) in [5.41, 5.74) is 2.35. The van der Waals surface area contributed by atoms with Crippen LogP contribution in [-0.2, 0) is 6.42 Å². The van der Waals surface area contributed by atoms with E-state index in [9.17, 15) is 5.11 Å². The van der Waals surface area contributed by atoms with Crippen LogP contribution in [0.15, 0.2) is 18.2 Å². The summed E-state index contributed by atoms with van der Waals surface area (Å²) in [5, 5.41) is 9.42. The minimum Gasteiger partial charge on any atom is -0.389 e. The number of aliphatic hydroxyl groups is 1. The summed E-state index contributed by atoms with van der Waals surface area (Å²) in [6.45, 7) is 3.93. The quantitative estimate of drug-likeness (QED) is 0.823. The van der Waals surface area contributed by atoms with Gasteiger partial charge in [-0.2, -0.15) is 0 Å². The molecule has 0 fully saturated rings. The lowest BCUT2D eigenvalue weighted by molar-refractivity contribution is 0.198. The van der Waals surface area contributed by atoms with Crippen molar-refractivity contribution in [2.75, 3.05) is 0 Å². The molecule has 0 saturated carbocycles. The van der Waals surface area contributed by atoms with Crippen molar-refractivity contribution in [3.63, 3.8) is 0 Å². The maximum atomic E-state index is 9.42. The molecule has 12 heavy (non-hydrogen) atoms. The largest absolute Gasteiger partial charge is 0.389 e. The molecule has 0 aliphatic carbocycles. The van der Waals surface area contributed by atoms with Gasteiger partial charge >= 0.3 is 0 Å². The molecule has 0 saturated heterocycles. The zero-order valence-corrected chi connectivity index (χ0v) is 9.50. The number of benzene rings is 1. The molecule has 0 bridgehead atoms. The molecular weight excluding hydrogens is 263 g/mol. The summed E-state index contributed by atoms with van der Waals surface area (Å²) in [5.74, 6) is 0. The van der Waals surface area contributed by atoms with Gasteiger partial charge in [-0.3, -0.25) is 0 Å². The average Bonchev–Trinajstić information content (AvgIpc) is 2.04. The highest BCUT2D eigenvalue weighted by Crippen LogP contribution is 2.23. The Labute approximate surface area is 86.9 Å². The first-order valence-electron chi connectivity index (χ1n) is 4.12. The van der Waals surface area contributed by atoms with Crippen molar-refractivity contribution in [1.29, 1.82) is 0 Å². The number of hydrogen-bond acceptors (Lipinski definition) is 1. The lowest BCUT2D eigenvalue weighted by atomic mass is 10.1. The normalized spacial score (nSPS) is 13.0. The number of rotatable bonds is 2. The third-order valence-corrected chi connectivity index (χ3v) is 3.26. The highest BCUT2D eigenvalue weighted by atomic mass is 127. The van der Waals surface area contributed by atoms with Crippen LogP contribution in [0.2, 0.25) is 0 Å². The van der Waals surface area contributed by atoms with E-state index in [4.69, 9.17) is 0 Å². The van der Waals surface area contributed by atoms with Gasteiger partial charge in [0.2, 0.25) is 0 Å². The van der Waals surface area contributed by atoms with Crippen LogP contribution in [0.25, 0.3) is 0 Å². The van der Waals surface area contributed by atoms with Gasteiger partial charge in [-0.15, -0.1) is 0 Å². The van der Waals surface area contributed by atoms with E-state index in [0.29, 0.717) is 0 Å². The summed E-state index contributed by atoms with van der Waals surface area (Å²) in [4.78, 5) is 0. The zero-order valence-electron chi connectivity index (χ0n) is 7.34. The number of halogens is 1. The molecule has 1 nitrogen and oxygen atoms in total. The molecule has 1 atom stereocenters. The SMILES string of the molecule is CCc1cccc(C(C)O)c1I. The summed E-state index contributed by atoms with van der Waals surface area (Å²) >= 11 is 2.30. The molecule has 1 aromatic carbocycles.